The second-order valence-corrected chi connectivity index (χ2v) is 8.70. The summed E-state index contributed by atoms with van der Waals surface area (Å²) in [6.45, 7) is 4.72. The summed E-state index contributed by atoms with van der Waals surface area (Å²) >= 11 is 4.59. The van der Waals surface area contributed by atoms with Gasteiger partial charge in [-0.25, -0.2) is 4.39 Å². The van der Waals surface area contributed by atoms with Gasteiger partial charge in [-0.3, -0.25) is 4.79 Å². The van der Waals surface area contributed by atoms with Crippen LogP contribution >= 0.6 is 34.9 Å². The largest absolute Gasteiger partial charge is 0.351 e. The minimum absolute atomic E-state index is 0.0779. The van der Waals surface area contributed by atoms with E-state index in [4.69, 9.17) is 0 Å². The molecule has 2 aromatic rings. The molecule has 0 unspecified atom stereocenters. The van der Waals surface area contributed by atoms with Crippen molar-refractivity contribution in [3.8, 4) is 0 Å². The summed E-state index contributed by atoms with van der Waals surface area (Å²) in [6, 6.07) is 6.08. The summed E-state index contributed by atoms with van der Waals surface area (Å²) in [5.74, 6) is 1.56. The molecule has 0 aliphatic carbocycles. The molecule has 8 heteroatoms. The van der Waals surface area contributed by atoms with Gasteiger partial charge in [-0.05, 0) is 23.6 Å². The van der Waals surface area contributed by atoms with Crippen LogP contribution < -0.4 is 5.32 Å². The first kappa shape index (κ1) is 18.2. The molecule has 0 bridgehead atoms. The third-order valence-electron chi connectivity index (χ3n) is 2.66. The van der Waals surface area contributed by atoms with Crippen LogP contribution in [0.25, 0.3) is 0 Å². The van der Waals surface area contributed by atoms with E-state index in [0.717, 1.165) is 20.0 Å². The minimum atomic E-state index is -0.280. The van der Waals surface area contributed by atoms with Gasteiger partial charge in [-0.1, -0.05) is 60.8 Å². The van der Waals surface area contributed by atoms with Gasteiger partial charge in [0.05, 0.1) is 5.75 Å². The summed E-state index contributed by atoms with van der Waals surface area (Å²) < 4.78 is 14.5. The van der Waals surface area contributed by atoms with Crippen molar-refractivity contribution in [3.63, 3.8) is 0 Å². The zero-order valence-corrected chi connectivity index (χ0v) is 15.4. The Balaban J connectivity index is 1.70. The maximum Gasteiger partial charge on any atom is 0.230 e. The molecule has 0 atom stereocenters. The molecule has 0 fully saturated rings. The van der Waals surface area contributed by atoms with Crippen LogP contribution in [0, 0.1) is 11.7 Å². The topological polar surface area (TPSA) is 54.9 Å². The standard InChI is InChI=1S/C15H18FN3OS3/c1-10(2)8-21-14-18-19-15(23-14)22-9-13(20)17-7-11-3-5-12(16)6-4-11/h3-6,10H,7-9H2,1-2H3,(H,17,20). The summed E-state index contributed by atoms with van der Waals surface area (Å²) in [5, 5.41) is 11.0. The number of aromatic nitrogens is 2. The normalized spacial score (nSPS) is 11.0. The fourth-order valence-corrected chi connectivity index (χ4v) is 4.36. The lowest BCUT2D eigenvalue weighted by Gasteiger charge is -2.04. The predicted octanol–water partition coefficient (Wildman–Crippen LogP) is 3.83. The monoisotopic (exact) mass is 371 g/mol. The highest BCUT2D eigenvalue weighted by molar-refractivity contribution is 8.03. The number of halogens is 1. The maximum absolute atomic E-state index is 12.8. The van der Waals surface area contributed by atoms with Gasteiger partial charge in [0.25, 0.3) is 0 Å². The summed E-state index contributed by atoms with van der Waals surface area (Å²) in [6.07, 6.45) is 0. The molecule has 2 rings (SSSR count). The van der Waals surface area contributed by atoms with Crippen LogP contribution in [0.1, 0.15) is 19.4 Å². The first-order valence-corrected chi connectivity index (χ1v) is 9.92. The van der Waals surface area contributed by atoms with E-state index in [9.17, 15) is 9.18 Å². The van der Waals surface area contributed by atoms with E-state index < -0.39 is 0 Å². The fourth-order valence-electron chi connectivity index (χ4n) is 1.53. The van der Waals surface area contributed by atoms with E-state index in [0.29, 0.717) is 18.2 Å². The zero-order chi connectivity index (χ0) is 16.7. The Kier molecular flexibility index (Phi) is 7.32. The SMILES string of the molecule is CC(C)CSc1nnc(SCC(=O)NCc2ccc(F)cc2)s1. The van der Waals surface area contributed by atoms with E-state index in [1.807, 2.05) is 0 Å². The van der Waals surface area contributed by atoms with Crippen LogP contribution in [-0.2, 0) is 11.3 Å². The minimum Gasteiger partial charge on any atom is -0.351 e. The zero-order valence-electron chi connectivity index (χ0n) is 12.9. The first-order valence-electron chi connectivity index (χ1n) is 7.13. The second-order valence-electron chi connectivity index (χ2n) is 5.23. The third-order valence-corrected chi connectivity index (χ3v) is 6.27. The number of thioether (sulfide) groups is 2. The Morgan fingerprint density at radius 1 is 1.22 bits per heavy atom. The highest BCUT2D eigenvalue weighted by Crippen LogP contribution is 2.29. The Morgan fingerprint density at radius 2 is 1.87 bits per heavy atom. The number of hydrogen-bond donors (Lipinski definition) is 1. The van der Waals surface area contributed by atoms with Gasteiger partial charge in [0.1, 0.15) is 5.82 Å². The Labute approximate surface area is 147 Å². The average molecular weight is 372 g/mol. The molecular weight excluding hydrogens is 353 g/mol. The van der Waals surface area contributed by atoms with E-state index in [-0.39, 0.29) is 11.7 Å². The van der Waals surface area contributed by atoms with Crippen LogP contribution in [-0.4, -0.2) is 27.6 Å². The Bertz CT molecular complexity index is 631. The lowest BCUT2D eigenvalue weighted by atomic mass is 10.2. The van der Waals surface area contributed by atoms with E-state index in [1.165, 1.54) is 35.2 Å². The van der Waals surface area contributed by atoms with Gasteiger partial charge in [-0.2, -0.15) is 0 Å². The molecule has 4 nitrogen and oxygen atoms in total. The molecule has 23 heavy (non-hydrogen) atoms. The number of carbonyl (C=O) groups is 1. The molecule has 1 heterocycles. The molecule has 0 saturated carbocycles. The Morgan fingerprint density at radius 3 is 2.52 bits per heavy atom. The average Bonchev–Trinajstić information content (AvgIpc) is 2.98. The van der Waals surface area contributed by atoms with Gasteiger partial charge in [-0.15, -0.1) is 10.2 Å². The smallest absolute Gasteiger partial charge is 0.230 e. The van der Waals surface area contributed by atoms with Crippen molar-refractivity contribution < 1.29 is 9.18 Å². The maximum atomic E-state index is 12.8. The lowest BCUT2D eigenvalue weighted by Crippen LogP contribution is -2.24. The first-order chi connectivity index (χ1) is 11.0. The van der Waals surface area contributed by atoms with E-state index >= 15 is 0 Å². The van der Waals surface area contributed by atoms with Gasteiger partial charge in [0, 0.05) is 12.3 Å². The van der Waals surface area contributed by atoms with Crippen LogP contribution in [0.5, 0.6) is 0 Å². The Hall–Kier alpha value is -1.12. The molecule has 0 spiro atoms. The molecule has 0 aliphatic heterocycles. The van der Waals surface area contributed by atoms with Gasteiger partial charge in [0.2, 0.25) is 5.91 Å². The van der Waals surface area contributed by atoms with Crippen molar-refractivity contribution in [1.29, 1.82) is 0 Å². The molecule has 1 amide bonds. The lowest BCUT2D eigenvalue weighted by molar-refractivity contribution is -0.118. The quantitative estimate of drug-likeness (QED) is 0.715. The number of carbonyl (C=O) groups excluding carboxylic acids is 1. The van der Waals surface area contributed by atoms with Crippen molar-refractivity contribution in [2.75, 3.05) is 11.5 Å². The molecule has 1 aromatic carbocycles. The third kappa shape index (κ3) is 6.88. The number of hydrogen-bond acceptors (Lipinski definition) is 6. The van der Waals surface area contributed by atoms with Crippen LogP contribution in [0.15, 0.2) is 32.9 Å². The van der Waals surface area contributed by atoms with Crippen molar-refractivity contribution in [1.82, 2.24) is 15.5 Å². The number of benzene rings is 1. The second kappa shape index (κ2) is 9.24. The molecule has 1 aromatic heterocycles. The van der Waals surface area contributed by atoms with E-state index in [2.05, 4.69) is 29.4 Å². The number of amides is 1. The van der Waals surface area contributed by atoms with Crippen LogP contribution in [0.4, 0.5) is 4.39 Å². The molecule has 124 valence electrons. The molecule has 0 aliphatic rings. The van der Waals surface area contributed by atoms with Gasteiger partial charge < -0.3 is 5.32 Å². The van der Waals surface area contributed by atoms with Crippen molar-refractivity contribution in [2.24, 2.45) is 5.92 Å². The highest BCUT2D eigenvalue weighted by atomic mass is 32.2. The summed E-state index contributed by atoms with van der Waals surface area (Å²) in [4.78, 5) is 11.8. The fraction of sp³-hybridized carbons (Fsp3) is 0.400. The molecular formula is C15H18FN3OS3. The molecule has 0 saturated heterocycles. The number of nitrogens with zero attached hydrogens (tertiary/aromatic N) is 2. The van der Waals surface area contributed by atoms with Crippen molar-refractivity contribution in [2.45, 2.75) is 29.1 Å². The summed E-state index contributed by atoms with van der Waals surface area (Å²) in [5.41, 5.74) is 0.869. The predicted molar refractivity (Wildman–Crippen MR) is 94.4 cm³/mol. The van der Waals surface area contributed by atoms with Crippen molar-refractivity contribution >= 4 is 40.8 Å². The van der Waals surface area contributed by atoms with Crippen LogP contribution in [0.2, 0.25) is 0 Å². The van der Waals surface area contributed by atoms with Gasteiger partial charge >= 0.3 is 0 Å². The van der Waals surface area contributed by atoms with Crippen LogP contribution in [0.3, 0.4) is 0 Å². The summed E-state index contributed by atoms with van der Waals surface area (Å²) in [7, 11) is 0. The van der Waals surface area contributed by atoms with E-state index in [1.54, 1.807) is 23.9 Å². The number of nitrogens with one attached hydrogen (secondary N) is 1. The molecule has 1 N–H and O–H groups in total. The molecule has 0 radical (unpaired) electrons. The highest BCUT2D eigenvalue weighted by Gasteiger charge is 2.09. The van der Waals surface area contributed by atoms with Crippen molar-refractivity contribution in [3.05, 3.63) is 35.6 Å². The van der Waals surface area contributed by atoms with Gasteiger partial charge in [0.15, 0.2) is 8.68 Å². The number of rotatable bonds is 8.